The Hall–Kier alpha value is -1.85. The highest BCUT2D eigenvalue weighted by molar-refractivity contribution is 5.31. The molecule has 2 aromatic rings. The fourth-order valence-corrected chi connectivity index (χ4v) is 2.28. The van der Waals surface area contributed by atoms with Gasteiger partial charge in [0, 0.05) is 12.5 Å². The molecule has 0 spiro atoms. The summed E-state index contributed by atoms with van der Waals surface area (Å²) in [5.74, 6) is -0.588. The van der Waals surface area contributed by atoms with E-state index in [0.717, 1.165) is 12.1 Å². The predicted molar refractivity (Wildman–Crippen MR) is 74.6 cm³/mol. The van der Waals surface area contributed by atoms with Gasteiger partial charge in [0.15, 0.2) is 0 Å². The minimum Gasteiger partial charge on any atom is -0.388 e. The number of aliphatic hydroxyl groups is 1. The Morgan fingerprint density at radius 2 is 1.57 bits per heavy atom. The molecular weight excluding hydrogens is 279 g/mol. The van der Waals surface area contributed by atoms with Crippen molar-refractivity contribution in [2.75, 3.05) is 6.54 Å². The maximum atomic E-state index is 12.8. The number of hydrogen-bond acceptors (Lipinski definition) is 2. The highest BCUT2D eigenvalue weighted by atomic mass is 19.4. The maximum Gasteiger partial charge on any atom is 0.416 e. The fraction of sp³-hybridized carbons (Fsp3) is 0.250. The van der Waals surface area contributed by atoms with Crippen LogP contribution in [0, 0.1) is 0 Å². The van der Waals surface area contributed by atoms with Crippen molar-refractivity contribution < 1.29 is 18.3 Å². The van der Waals surface area contributed by atoms with Gasteiger partial charge in [0.1, 0.15) is 0 Å². The van der Waals surface area contributed by atoms with E-state index in [1.807, 2.05) is 0 Å². The van der Waals surface area contributed by atoms with Crippen molar-refractivity contribution in [3.8, 4) is 0 Å². The summed E-state index contributed by atoms with van der Waals surface area (Å²) in [6.07, 6.45) is -5.35. The summed E-state index contributed by atoms with van der Waals surface area (Å²) < 4.78 is 38.3. The van der Waals surface area contributed by atoms with Gasteiger partial charge in [0.05, 0.1) is 11.7 Å². The number of nitrogens with two attached hydrogens (primary N) is 1. The molecule has 2 unspecified atom stereocenters. The lowest BCUT2D eigenvalue weighted by atomic mass is 9.88. The molecule has 3 N–H and O–H groups in total. The maximum absolute atomic E-state index is 12.8. The zero-order valence-electron chi connectivity index (χ0n) is 11.2. The summed E-state index contributed by atoms with van der Waals surface area (Å²) in [4.78, 5) is 0. The minimum atomic E-state index is -4.41. The lowest BCUT2D eigenvalue weighted by Crippen LogP contribution is -2.20. The van der Waals surface area contributed by atoms with E-state index in [2.05, 4.69) is 0 Å². The third-order valence-electron chi connectivity index (χ3n) is 3.42. The van der Waals surface area contributed by atoms with Gasteiger partial charge in [-0.2, -0.15) is 13.2 Å². The van der Waals surface area contributed by atoms with Crippen LogP contribution in [-0.2, 0) is 6.18 Å². The van der Waals surface area contributed by atoms with Crippen molar-refractivity contribution in [3.63, 3.8) is 0 Å². The molecule has 0 fully saturated rings. The van der Waals surface area contributed by atoms with E-state index in [-0.39, 0.29) is 6.54 Å². The zero-order valence-corrected chi connectivity index (χ0v) is 11.2. The molecule has 0 bridgehead atoms. The van der Waals surface area contributed by atoms with Gasteiger partial charge in [0.2, 0.25) is 0 Å². The van der Waals surface area contributed by atoms with Crippen molar-refractivity contribution in [1.29, 1.82) is 0 Å². The topological polar surface area (TPSA) is 46.2 Å². The van der Waals surface area contributed by atoms with Crippen LogP contribution >= 0.6 is 0 Å². The van der Waals surface area contributed by atoms with Gasteiger partial charge in [0.25, 0.3) is 0 Å². The molecule has 2 atom stereocenters. The molecule has 21 heavy (non-hydrogen) atoms. The predicted octanol–water partition coefficient (Wildman–Crippen LogP) is 3.48. The van der Waals surface area contributed by atoms with E-state index in [0.29, 0.717) is 11.1 Å². The molecule has 112 valence electrons. The van der Waals surface area contributed by atoms with Crippen LogP contribution < -0.4 is 5.73 Å². The number of alkyl halides is 3. The number of halogens is 3. The first kappa shape index (κ1) is 15.5. The van der Waals surface area contributed by atoms with Crippen LogP contribution in [0.2, 0.25) is 0 Å². The first-order valence-corrected chi connectivity index (χ1v) is 6.53. The van der Waals surface area contributed by atoms with E-state index in [1.54, 1.807) is 36.4 Å². The molecule has 0 saturated heterocycles. The summed E-state index contributed by atoms with van der Waals surface area (Å²) in [6.45, 7) is 0.0529. The fourth-order valence-electron chi connectivity index (χ4n) is 2.28. The van der Waals surface area contributed by atoms with E-state index in [4.69, 9.17) is 5.73 Å². The second kappa shape index (κ2) is 6.28. The van der Waals surface area contributed by atoms with Crippen molar-refractivity contribution in [1.82, 2.24) is 0 Å². The first-order chi connectivity index (χ1) is 9.93. The summed E-state index contributed by atoms with van der Waals surface area (Å²) in [5.41, 5.74) is 5.93. The minimum absolute atomic E-state index is 0.0529. The van der Waals surface area contributed by atoms with Crippen molar-refractivity contribution in [2.45, 2.75) is 18.2 Å². The molecule has 0 aliphatic carbocycles. The van der Waals surface area contributed by atoms with E-state index < -0.39 is 23.8 Å². The van der Waals surface area contributed by atoms with Crippen molar-refractivity contribution >= 4 is 0 Å². The van der Waals surface area contributed by atoms with Gasteiger partial charge in [-0.3, -0.25) is 0 Å². The van der Waals surface area contributed by atoms with E-state index in [9.17, 15) is 18.3 Å². The molecule has 0 heterocycles. The van der Waals surface area contributed by atoms with E-state index in [1.165, 1.54) is 6.07 Å². The molecule has 0 amide bonds. The standard InChI is InChI=1S/C16H16F3NO/c17-16(18,19)13-8-4-7-12(9-13)14(10-20)15(21)11-5-2-1-3-6-11/h1-9,14-15,21H,10,20H2. The van der Waals surface area contributed by atoms with Gasteiger partial charge in [-0.05, 0) is 17.2 Å². The number of benzene rings is 2. The molecule has 0 radical (unpaired) electrons. The van der Waals surface area contributed by atoms with Gasteiger partial charge >= 0.3 is 6.18 Å². The molecule has 0 aliphatic rings. The van der Waals surface area contributed by atoms with Crippen LogP contribution in [0.15, 0.2) is 54.6 Å². The van der Waals surface area contributed by atoms with Gasteiger partial charge in [-0.1, -0.05) is 48.5 Å². The third kappa shape index (κ3) is 3.62. The van der Waals surface area contributed by atoms with E-state index >= 15 is 0 Å². The third-order valence-corrected chi connectivity index (χ3v) is 3.42. The first-order valence-electron chi connectivity index (χ1n) is 6.53. The molecule has 0 aromatic heterocycles. The second-order valence-corrected chi connectivity index (χ2v) is 4.82. The molecule has 0 saturated carbocycles. The smallest absolute Gasteiger partial charge is 0.388 e. The van der Waals surface area contributed by atoms with Crippen LogP contribution in [0.4, 0.5) is 13.2 Å². The number of rotatable bonds is 4. The number of aliphatic hydroxyl groups excluding tert-OH is 1. The molecule has 2 aromatic carbocycles. The highest BCUT2D eigenvalue weighted by Gasteiger charge is 2.31. The Bertz CT molecular complexity index is 584. The lowest BCUT2D eigenvalue weighted by molar-refractivity contribution is -0.137. The average Bonchev–Trinajstić information content (AvgIpc) is 2.48. The van der Waals surface area contributed by atoms with Gasteiger partial charge < -0.3 is 10.8 Å². The summed E-state index contributed by atoms with van der Waals surface area (Å²) in [7, 11) is 0. The van der Waals surface area contributed by atoms with Crippen LogP contribution in [-0.4, -0.2) is 11.7 Å². The highest BCUT2D eigenvalue weighted by Crippen LogP contribution is 2.34. The Labute approximate surface area is 121 Å². The molecule has 2 rings (SSSR count). The second-order valence-electron chi connectivity index (χ2n) is 4.82. The van der Waals surface area contributed by atoms with Crippen LogP contribution in [0.3, 0.4) is 0 Å². The number of hydrogen-bond donors (Lipinski definition) is 2. The monoisotopic (exact) mass is 295 g/mol. The lowest BCUT2D eigenvalue weighted by Gasteiger charge is -2.23. The molecule has 0 aliphatic heterocycles. The quantitative estimate of drug-likeness (QED) is 0.907. The van der Waals surface area contributed by atoms with Crippen LogP contribution in [0.25, 0.3) is 0 Å². The molecule has 2 nitrogen and oxygen atoms in total. The van der Waals surface area contributed by atoms with Crippen molar-refractivity contribution in [3.05, 3.63) is 71.3 Å². The Balaban J connectivity index is 2.34. The summed E-state index contributed by atoms with van der Waals surface area (Å²) >= 11 is 0. The SMILES string of the molecule is NCC(c1cccc(C(F)(F)F)c1)C(O)c1ccccc1. The molecular formula is C16H16F3NO. The van der Waals surface area contributed by atoms with Crippen molar-refractivity contribution in [2.24, 2.45) is 5.73 Å². The van der Waals surface area contributed by atoms with Crippen LogP contribution in [0.1, 0.15) is 28.7 Å². The Kier molecular flexibility index (Phi) is 4.65. The summed E-state index contributed by atoms with van der Waals surface area (Å²) in [6, 6.07) is 13.7. The van der Waals surface area contributed by atoms with Gasteiger partial charge in [-0.25, -0.2) is 0 Å². The Morgan fingerprint density at radius 1 is 0.952 bits per heavy atom. The van der Waals surface area contributed by atoms with Crippen LogP contribution in [0.5, 0.6) is 0 Å². The largest absolute Gasteiger partial charge is 0.416 e. The normalized spacial score (nSPS) is 14.7. The zero-order chi connectivity index (χ0) is 15.5. The Morgan fingerprint density at radius 3 is 2.14 bits per heavy atom. The molecule has 5 heteroatoms. The van der Waals surface area contributed by atoms with Gasteiger partial charge in [-0.15, -0.1) is 0 Å². The summed E-state index contributed by atoms with van der Waals surface area (Å²) in [5, 5.41) is 10.4. The average molecular weight is 295 g/mol.